The van der Waals surface area contributed by atoms with Gasteiger partial charge >= 0.3 is 0 Å². The number of benzene rings is 2. The summed E-state index contributed by atoms with van der Waals surface area (Å²) in [7, 11) is 4.12. The van der Waals surface area contributed by atoms with E-state index in [2.05, 4.69) is 36.4 Å². The first kappa shape index (κ1) is 20.4. The van der Waals surface area contributed by atoms with Crippen molar-refractivity contribution in [2.24, 2.45) is 0 Å². The SMILES string of the molecule is CN(C)CCCOc1ccc(NC(=O)C2(c3ccccc3)CCCCC2)cc1. The highest BCUT2D eigenvalue weighted by atomic mass is 16.5. The summed E-state index contributed by atoms with van der Waals surface area (Å²) in [6.45, 7) is 1.71. The van der Waals surface area contributed by atoms with E-state index in [4.69, 9.17) is 4.74 Å². The van der Waals surface area contributed by atoms with E-state index < -0.39 is 5.41 Å². The number of ether oxygens (including phenoxy) is 1. The van der Waals surface area contributed by atoms with E-state index >= 15 is 0 Å². The Labute approximate surface area is 168 Å². The third-order valence-corrected chi connectivity index (χ3v) is 5.60. The van der Waals surface area contributed by atoms with Crippen LogP contribution in [-0.4, -0.2) is 38.1 Å². The standard InChI is InChI=1S/C24H32N2O2/c1-26(2)18-9-19-28-22-14-12-21(13-15-22)25-23(27)24(16-7-4-8-17-24)20-10-5-3-6-11-20/h3,5-6,10-15H,4,7-9,16-19H2,1-2H3,(H,25,27). The average molecular weight is 381 g/mol. The first-order chi connectivity index (χ1) is 13.6. The van der Waals surface area contributed by atoms with Gasteiger partial charge in [0.1, 0.15) is 5.75 Å². The summed E-state index contributed by atoms with van der Waals surface area (Å²) in [6, 6.07) is 18.0. The lowest BCUT2D eigenvalue weighted by Crippen LogP contribution is -2.42. The van der Waals surface area contributed by atoms with Crippen molar-refractivity contribution in [2.45, 2.75) is 43.9 Å². The van der Waals surface area contributed by atoms with Gasteiger partial charge in [0.15, 0.2) is 0 Å². The van der Waals surface area contributed by atoms with E-state index in [-0.39, 0.29) is 5.91 Å². The number of amides is 1. The first-order valence-corrected chi connectivity index (χ1v) is 10.3. The maximum atomic E-state index is 13.3. The second-order valence-electron chi connectivity index (χ2n) is 7.99. The Kier molecular flexibility index (Phi) is 7.10. The van der Waals surface area contributed by atoms with Crippen LogP contribution in [-0.2, 0) is 10.2 Å². The van der Waals surface area contributed by atoms with Gasteiger partial charge in [-0.05, 0) is 63.2 Å². The minimum atomic E-state index is -0.416. The number of anilines is 1. The summed E-state index contributed by atoms with van der Waals surface area (Å²) in [5.41, 5.74) is 1.54. The van der Waals surface area contributed by atoms with Crippen molar-refractivity contribution in [3.05, 3.63) is 60.2 Å². The molecule has 0 unspecified atom stereocenters. The second kappa shape index (κ2) is 9.74. The molecule has 1 aliphatic carbocycles. The maximum Gasteiger partial charge on any atom is 0.235 e. The minimum absolute atomic E-state index is 0.109. The van der Waals surface area contributed by atoms with Crippen LogP contribution in [0, 0.1) is 0 Å². The number of nitrogens with zero attached hydrogens (tertiary/aromatic N) is 1. The smallest absolute Gasteiger partial charge is 0.235 e. The van der Waals surface area contributed by atoms with Crippen LogP contribution in [0.2, 0.25) is 0 Å². The zero-order chi connectivity index (χ0) is 19.8. The van der Waals surface area contributed by atoms with Crippen LogP contribution >= 0.6 is 0 Å². The third-order valence-electron chi connectivity index (χ3n) is 5.60. The molecule has 3 rings (SSSR count). The Morgan fingerprint density at radius 3 is 2.32 bits per heavy atom. The van der Waals surface area contributed by atoms with Gasteiger partial charge in [0, 0.05) is 12.2 Å². The van der Waals surface area contributed by atoms with E-state index in [0.29, 0.717) is 6.61 Å². The molecule has 28 heavy (non-hydrogen) atoms. The Hall–Kier alpha value is -2.33. The molecular weight excluding hydrogens is 348 g/mol. The topological polar surface area (TPSA) is 41.6 Å². The van der Waals surface area contributed by atoms with Crippen LogP contribution in [0.4, 0.5) is 5.69 Å². The largest absolute Gasteiger partial charge is 0.494 e. The number of rotatable bonds is 8. The van der Waals surface area contributed by atoms with Gasteiger partial charge in [0.05, 0.1) is 12.0 Å². The summed E-state index contributed by atoms with van der Waals surface area (Å²) in [5.74, 6) is 0.949. The number of carbonyl (C=O) groups excluding carboxylic acids is 1. The van der Waals surface area contributed by atoms with Crippen LogP contribution < -0.4 is 10.1 Å². The molecule has 2 aromatic carbocycles. The number of hydrogen-bond acceptors (Lipinski definition) is 3. The Bertz CT molecular complexity index is 735. The Balaban J connectivity index is 1.64. The summed E-state index contributed by atoms with van der Waals surface area (Å²) in [5, 5.41) is 3.16. The molecule has 150 valence electrons. The normalized spacial score (nSPS) is 16.0. The third kappa shape index (κ3) is 5.14. The van der Waals surface area contributed by atoms with Crippen LogP contribution in [0.3, 0.4) is 0 Å². The van der Waals surface area contributed by atoms with Gasteiger partial charge in [-0.2, -0.15) is 0 Å². The highest BCUT2D eigenvalue weighted by Crippen LogP contribution is 2.40. The van der Waals surface area contributed by atoms with E-state index in [0.717, 1.165) is 55.6 Å². The molecule has 1 fully saturated rings. The quantitative estimate of drug-likeness (QED) is 0.665. The summed E-state index contributed by atoms with van der Waals surface area (Å²) >= 11 is 0. The number of hydrogen-bond donors (Lipinski definition) is 1. The van der Waals surface area contributed by atoms with Crippen molar-refractivity contribution in [1.82, 2.24) is 4.90 Å². The van der Waals surface area contributed by atoms with E-state index in [1.807, 2.05) is 42.5 Å². The van der Waals surface area contributed by atoms with Gasteiger partial charge < -0.3 is 15.0 Å². The average Bonchev–Trinajstić information content (AvgIpc) is 2.73. The monoisotopic (exact) mass is 380 g/mol. The molecule has 0 radical (unpaired) electrons. The van der Waals surface area contributed by atoms with Crippen molar-refractivity contribution in [2.75, 3.05) is 32.6 Å². The van der Waals surface area contributed by atoms with Crippen molar-refractivity contribution < 1.29 is 9.53 Å². The fourth-order valence-corrected chi connectivity index (χ4v) is 4.02. The van der Waals surface area contributed by atoms with Gasteiger partial charge in [-0.1, -0.05) is 49.6 Å². The molecule has 0 saturated heterocycles. The summed E-state index contributed by atoms with van der Waals surface area (Å²) in [6.07, 6.45) is 6.22. The second-order valence-corrected chi connectivity index (χ2v) is 7.99. The van der Waals surface area contributed by atoms with E-state index in [9.17, 15) is 4.79 Å². The van der Waals surface area contributed by atoms with E-state index in [1.54, 1.807) is 0 Å². The Morgan fingerprint density at radius 2 is 1.68 bits per heavy atom. The molecule has 4 heteroatoms. The molecule has 1 saturated carbocycles. The predicted molar refractivity (Wildman–Crippen MR) is 115 cm³/mol. The summed E-state index contributed by atoms with van der Waals surface area (Å²) < 4.78 is 5.78. The molecule has 1 aliphatic rings. The fraction of sp³-hybridized carbons (Fsp3) is 0.458. The van der Waals surface area contributed by atoms with Gasteiger partial charge in [-0.15, -0.1) is 0 Å². The lowest BCUT2D eigenvalue weighted by Gasteiger charge is -2.36. The zero-order valence-corrected chi connectivity index (χ0v) is 17.1. The fourth-order valence-electron chi connectivity index (χ4n) is 4.02. The van der Waals surface area contributed by atoms with Crippen molar-refractivity contribution in [1.29, 1.82) is 0 Å². The van der Waals surface area contributed by atoms with Crippen LogP contribution in [0.15, 0.2) is 54.6 Å². The van der Waals surface area contributed by atoms with Crippen molar-refractivity contribution >= 4 is 11.6 Å². The highest BCUT2D eigenvalue weighted by Gasteiger charge is 2.40. The molecule has 0 heterocycles. The molecule has 0 spiro atoms. The zero-order valence-electron chi connectivity index (χ0n) is 17.1. The number of carbonyl (C=O) groups is 1. The first-order valence-electron chi connectivity index (χ1n) is 10.3. The molecule has 1 amide bonds. The molecule has 0 aliphatic heterocycles. The maximum absolute atomic E-state index is 13.3. The lowest BCUT2D eigenvalue weighted by molar-refractivity contribution is -0.122. The molecular formula is C24H32N2O2. The molecule has 2 aromatic rings. The van der Waals surface area contributed by atoms with Crippen LogP contribution in [0.1, 0.15) is 44.1 Å². The highest BCUT2D eigenvalue weighted by molar-refractivity contribution is 5.99. The van der Waals surface area contributed by atoms with Crippen molar-refractivity contribution in [3.8, 4) is 5.75 Å². The van der Waals surface area contributed by atoms with Gasteiger partial charge in [-0.3, -0.25) is 4.79 Å². The predicted octanol–water partition coefficient (Wildman–Crippen LogP) is 4.86. The van der Waals surface area contributed by atoms with Gasteiger partial charge in [0.2, 0.25) is 5.91 Å². The lowest BCUT2D eigenvalue weighted by atomic mass is 9.68. The minimum Gasteiger partial charge on any atom is -0.494 e. The molecule has 0 bridgehead atoms. The van der Waals surface area contributed by atoms with Crippen LogP contribution in [0.25, 0.3) is 0 Å². The van der Waals surface area contributed by atoms with Gasteiger partial charge in [0.25, 0.3) is 0 Å². The Morgan fingerprint density at radius 1 is 1.00 bits per heavy atom. The summed E-state index contributed by atoms with van der Waals surface area (Å²) in [4.78, 5) is 15.5. The molecule has 0 aromatic heterocycles. The number of nitrogens with one attached hydrogen (secondary N) is 1. The molecule has 4 nitrogen and oxygen atoms in total. The van der Waals surface area contributed by atoms with Gasteiger partial charge in [-0.25, -0.2) is 0 Å². The van der Waals surface area contributed by atoms with Crippen LogP contribution in [0.5, 0.6) is 5.75 Å². The van der Waals surface area contributed by atoms with Crippen molar-refractivity contribution in [3.63, 3.8) is 0 Å². The molecule has 1 N–H and O–H groups in total. The van der Waals surface area contributed by atoms with E-state index in [1.165, 1.54) is 6.42 Å². The molecule has 0 atom stereocenters.